The first-order valence-corrected chi connectivity index (χ1v) is 3.49. The molecule has 0 fully saturated rings. The lowest BCUT2D eigenvalue weighted by molar-refractivity contribution is -0.142. The van der Waals surface area contributed by atoms with Gasteiger partial charge in [-0.15, -0.1) is 0 Å². The molecular formula is C7H11BO3. The van der Waals surface area contributed by atoms with Gasteiger partial charge in [-0.1, -0.05) is 12.9 Å². The molecule has 0 radical (unpaired) electrons. The van der Waals surface area contributed by atoms with Gasteiger partial charge in [0, 0.05) is 6.42 Å². The summed E-state index contributed by atoms with van der Waals surface area (Å²) in [6.45, 7) is 3.26. The Balaban J connectivity index is 3.97. The van der Waals surface area contributed by atoms with Crippen LogP contribution in [-0.2, 0) is 9.59 Å². The van der Waals surface area contributed by atoms with Crippen molar-refractivity contribution in [2.75, 3.05) is 0 Å². The van der Waals surface area contributed by atoms with E-state index in [2.05, 4.69) is 6.58 Å². The van der Waals surface area contributed by atoms with Gasteiger partial charge in [-0.25, -0.2) is 0 Å². The first-order valence-electron chi connectivity index (χ1n) is 3.49. The molecule has 0 heterocycles. The molecule has 1 unspecified atom stereocenters. The van der Waals surface area contributed by atoms with Gasteiger partial charge in [-0.2, -0.15) is 0 Å². The summed E-state index contributed by atoms with van der Waals surface area (Å²) in [5.41, 5.74) is 0. The molecule has 0 rings (SSSR count). The summed E-state index contributed by atoms with van der Waals surface area (Å²) < 4.78 is 0. The predicted molar refractivity (Wildman–Crippen MR) is 44.3 cm³/mol. The second-order valence-corrected chi connectivity index (χ2v) is 2.32. The Labute approximate surface area is 66.5 Å². The normalized spacial score (nSPS) is 12.0. The second kappa shape index (κ2) is 4.71. The topological polar surface area (TPSA) is 54.4 Å². The van der Waals surface area contributed by atoms with E-state index >= 15 is 0 Å². The van der Waals surface area contributed by atoms with Crippen molar-refractivity contribution in [1.82, 2.24) is 0 Å². The molecule has 3 nitrogen and oxygen atoms in total. The fraction of sp³-hybridized carbons (Fsp3) is 0.429. The molecule has 1 atom stereocenters. The summed E-state index contributed by atoms with van der Waals surface area (Å²) in [6.07, 6.45) is 1.70. The molecule has 0 aliphatic heterocycles. The molecule has 0 spiro atoms. The maximum Gasteiger partial charge on any atom is 0.306 e. The number of hydrogen-bond donors (Lipinski definition) is 1. The standard InChI is InChI=1S/C7H11BO3/c1-2-6(9)3-5(4-8)7(10)11/h2,5H,1,3-4,8H2,(H,10,11). The van der Waals surface area contributed by atoms with Gasteiger partial charge in [0.15, 0.2) is 5.78 Å². The lowest BCUT2D eigenvalue weighted by atomic mass is 9.88. The smallest absolute Gasteiger partial charge is 0.306 e. The number of rotatable bonds is 5. The zero-order valence-corrected chi connectivity index (χ0v) is 6.54. The Morgan fingerprint density at radius 3 is 2.45 bits per heavy atom. The third-order valence-corrected chi connectivity index (χ3v) is 1.52. The van der Waals surface area contributed by atoms with Gasteiger partial charge < -0.3 is 5.11 Å². The van der Waals surface area contributed by atoms with Crippen LogP contribution in [0, 0.1) is 5.92 Å². The SMILES string of the molecule is BCC(CC(=O)C=C)C(=O)O. The number of carbonyl (C=O) groups excluding carboxylic acids is 1. The molecule has 0 saturated heterocycles. The van der Waals surface area contributed by atoms with E-state index in [4.69, 9.17) is 5.11 Å². The summed E-state index contributed by atoms with van der Waals surface area (Å²) in [6, 6.07) is 0. The van der Waals surface area contributed by atoms with Gasteiger partial charge >= 0.3 is 5.97 Å². The van der Waals surface area contributed by atoms with E-state index in [9.17, 15) is 9.59 Å². The summed E-state index contributed by atoms with van der Waals surface area (Å²) in [4.78, 5) is 21.1. The molecule has 0 bridgehead atoms. The summed E-state index contributed by atoms with van der Waals surface area (Å²) in [7, 11) is 1.75. The van der Waals surface area contributed by atoms with Crippen LogP contribution < -0.4 is 0 Å². The number of hydrogen-bond acceptors (Lipinski definition) is 2. The van der Waals surface area contributed by atoms with Crippen molar-refractivity contribution in [3.8, 4) is 0 Å². The third-order valence-electron chi connectivity index (χ3n) is 1.52. The molecule has 0 aromatic carbocycles. The zero-order valence-electron chi connectivity index (χ0n) is 6.54. The quantitative estimate of drug-likeness (QED) is 0.443. The van der Waals surface area contributed by atoms with Gasteiger partial charge in [-0.05, 0) is 6.08 Å². The minimum atomic E-state index is -0.914. The Kier molecular flexibility index (Phi) is 4.26. The average Bonchev–Trinajstić information content (AvgIpc) is 1.99. The van der Waals surface area contributed by atoms with Crippen molar-refractivity contribution in [2.45, 2.75) is 12.7 Å². The van der Waals surface area contributed by atoms with Gasteiger partial charge in [0.05, 0.1) is 5.92 Å². The highest BCUT2D eigenvalue weighted by molar-refractivity contribution is 6.10. The van der Waals surface area contributed by atoms with Gasteiger partial charge in [0.25, 0.3) is 0 Å². The number of carboxylic acids is 1. The molecular weight excluding hydrogens is 143 g/mol. The molecule has 4 heteroatoms. The van der Waals surface area contributed by atoms with E-state index in [0.717, 1.165) is 6.08 Å². The number of ketones is 1. The van der Waals surface area contributed by atoms with Crippen molar-refractivity contribution >= 4 is 19.6 Å². The summed E-state index contributed by atoms with van der Waals surface area (Å²) in [5.74, 6) is -1.68. The van der Waals surface area contributed by atoms with E-state index in [1.807, 2.05) is 0 Å². The lowest BCUT2D eigenvalue weighted by Gasteiger charge is -2.05. The van der Waals surface area contributed by atoms with Crippen molar-refractivity contribution in [3.05, 3.63) is 12.7 Å². The van der Waals surface area contributed by atoms with Gasteiger partial charge in [0.1, 0.15) is 7.85 Å². The third kappa shape index (κ3) is 3.60. The second-order valence-electron chi connectivity index (χ2n) is 2.32. The molecule has 1 N–H and O–H groups in total. The Morgan fingerprint density at radius 2 is 2.18 bits per heavy atom. The van der Waals surface area contributed by atoms with Crippen LogP contribution in [0.15, 0.2) is 12.7 Å². The predicted octanol–water partition coefficient (Wildman–Crippen LogP) is -0.116. The largest absolute Gasteiger partial charge is 0.481 e. The van der Waals surface area contributed by atoms with E-state index in [-0.39, 0.29) is 12.2 Å². The minimum Gasteiger partial charge on any atom is -0.481 e. The fourth-order valence-corrected chi connectivity index (χ4v) is 0.732. The van der Waals surface area contributed by atoms with Crippen LogP contribution in [-0.4, -0.2) is 24.7 Å². The number of carboxylic acid groups (broad SMARTS) is 1. The zero-order chi connectivity index (χ0) is 8.85. The molecule has 11 heavy (non-hydrogen) atoms. The lowest BCUT2D eigenvalue weighted by Crippen LogP contribution is -2.16. The van der Waals surface area contributed by atoms with Crippen molar-refractivity contribution < 1.29 is 14.7 Å². The highest BCUT2D eigenvalue weighted by Gasteiger charge is 2.16. The maximum atomic E-state index is 10.7. The molecule has 0 saturated carbocycles. The molecule has 0 amide bonds. The highest BCUT2D eigenvalue weighted by Crippen LogP contribution is 2.07. The minimum absolute atomic E-state index is 0.0648. The van der Waals surface area contributed by atoms with Gasteiger partial charge in [0.2, 0.25) is 0 Å². The fourth-order valence-electron chi connectivity index (χ4n) is 0.732. The first kappa shape index (κ1) is 9.94. The Hall–Kier alpha value is -1.06. The van der Waals surface area contributed by atoms with Crippen LogP contribution in [0.1, 0.15) is 6.42 Å². The molecule has 0 aliphatic rings. The van der Waals surface area contributed by atoms with Crippen LogP contribution in [0.3, 0.4) is 0 Å². The average molecular weight is 154 g/mol. The van der Waals surface area contributed by atoms with Gasteiger partial charge in [-0.3, -0.25) is 9.59 Å². The van der Waals surface area contributed by atoms with E-state index < -0.39 is 11.9 Å². The van der Waals surface area contributed by atoms with Crippen LogP contribution in [0.2, 0.25) is 6.32 Å². The molecule has 60 valence electrons. The first-order chi connectivity index (χ1) is 5.11. The van der Waals surface area contributed by atoms with E-state index in [1.165, 1.54) is 0 Å². The van der Waals surface area contributed by atoms with E-state index in [1.54, 1.807) is 7.85 Å². The Bertz CT molecular complexity index is 177. The van der Waals surface area contributed by atoms with Crippen LogP contribution in [0.25, 0.3) is 0 Å². The molecule has 0 aliphatic carbocycles. The molecule has 0 aromatic rings. The van der Waals surface area contributed by atoms with Crippen molar-refractivity contribution in [3.63, 3.8) is 0 Å². The van der Waals surface area contributed by atoms with Crippen molar-refractivity contribution in [1.29, 1.82) is 0 Å². The number of carbonyl (C=O) groups is 2. The monoisotopic (exact) mass is 154 g/mol. The molecule has 0 aromatic heterocycles. The summed E-state index contributed by atoms with van der Waals surface area (Å²) in [5, 5.41) is 8.53. The Morgan fingerprint density at radius 1 is 1.64 bits per heavy atom. The highest BCUT2D eigenvalue weighted by atomic mass is 16.4. The van der Waals surface area contributed by atoms with Crippen molar-refractivity contribution in [2.24, 2.45) is 5.92 Å². The van der Waals surface area contributed by atoms with E-state index in [0.29, 0.717) is 6.32 Å². The number of aliphatic carboxylic acids is 1. The maximum absolute atomic E-state index is 10.7. The summed E-state index contributed by atoms with van der Waals surface area (Å²) >= 11 is 0. The van der Waals surface area contributed by atoms with Crippen LogP contribution >= 0.6 is 0 Å². The number of allylic oxidation sites excluding steroid dienone is 1. The van der Waals surface area contributed by atoms with Crippen LogP contribution in [0.4, 0.5) is 0 Å². The van der Waals surface area contributed by atoms with Crippen LogP contribution in [0.5, 0.6) is 0 Å².